The summed E-state index contributed by atoms with van der Waals surface area (Å²) in [4.78, 5) is 28.8. The molecule has 0 aliphatic carbocycles. The maximum Gasteiger partial charge on any atom is 0.573 e. The Hall–Kier alpha value is -3.44. The largest absolute Gasteiger partial charge is 0.573 e. The molecule has 4 rings (SSSR count). The van der Waals surface area contributed by atoms with Crippen molar-refractivity contribution in [3.8, 4) is 5.75 Å². The average Bonchev–Trinajstić information content (AvgIpc) is 3.43. The van der Waals surface area contributed by atoms with Crippen molar-refractivity contribution >= 4 is 17.9 Å². The van der Waals surface area contributed by atoms with E-state index in [2.05, 4.69) is 20.1 Å². The van der Waals surface area contributed by atoms with Crippen molar-refractivity contribution in [3.63, 3.8) is 0 Å². The summed E-state index contributed by atoms with van der Waals surface area (Å²) in [5.74, 6) is -1.60. The number of halogens is 4. The molecule has 1 N–H and O–H groups in total. The molecule has 0 spiro atoms. The van der Waals surface area contributed by atoms with Gasteiger partial charge >= 0.3 is 6.36 Å². The second kappa shape index (κ2) is 10.4. The van der Waals surface area contributed by atoms with Gasteiger partial charge in [-0.25, -0.2) is 4.39 Å². The van der Waals surface area contributed by atoms with Crippen LogP contribution in [0.3, 0.4) is 0 Å². The molecule has 1 aromatic heterocycles. The molecule has 0 radical (unpaired) electrons. The van der Waals surface area contributed by atoms with E-state index in [4.69, 9.17) is 0 Å². The highest BCUT2D eigenvalue weighted by Crippen LogP contribution is 2.32. The van der Waals surface area contributed by atoms with E-state index in [1.807, 2.05) is 4.90 Å². The molecule has 8 nitrogen and oxygen atoms in total. The van der Waals surface area contributed by atoms with Crippen molar-refractivity contribution in [1.82, 2.24) is 25.2 Å². The number of carbonyl (C=O) groups excluding carboxylic acids is 2. The van der Waals surface area contributed by atoms with Crippen LogP contribution in [0.15, 0.2) is 30.5 Å². The topological polar surface area (TPSA) is 91.4 Å². The minimum absolute atomic E-state index is 0.0934. The molecule has 2 saturated heterocycles. The molecule has 12 heteroatoms. The maximum atomic E-state index is 13.9. The predicted molar refractivity (Wildman–Crippen MR) is 116 cm³/mol. The van der Waals surface area contributed by atoms with Gasteiger partial charge in [0, 0.05) is 45.1 Å². The lowest BCUT2D eigenvalue weighted by Crippen LogP contribution is -2.33. The highest BCUT2D eigenvalue weighted by atomic mass is 19.4. The fraction of sp³-hybridized carbons (Fsp3) is 0.478. The minimum atomic E-state index is -4.98. The number of amides is 2. The number of rotatable bonds is 6. The number of nitrogens with one attached hydrogen (secondary N) is 1. The zero-order chi connectivity index (χ0) is 25.0. The molecule has 1 aromatic carbocycles. The zero-order valence-electron chi connectivity index (χ0n) is 18.8. The molecular weight excluding hydrogens is 470 g/mol. The normalized spacial score (nSPS) is 20.7. The van der Waals surface area contributed by atoms with Gasteiger partial charge in [-0.15, -0.1) is 13.2 Å². The number of hydrogen-bond donors (Lipinski definition) is 1. The van der Waals surface area contributed by atoms with Gasteiger partial charge in [0.15, 0.2) is 11.6 Å². The number of carbonyl (C=O) groups is 2. The lowest BCUT2D eigenvalue weighted by atomic mass is 9.92. The van der Waals surface area contributed by atoms with Crippen LogP contribution in [0.25, 0.3) is 6.08 Å². The molecule has 0 saturated carbocycles. The smallest absolute Gasteiger partial charge is 0.403 e. The number of likely N-dealkylation sites (tertiary alicyclic amines) is 2. The van der Waals surface area contributed by atoms with Crippen molar-refractivity contribution < 1.29 is 31.9 Å². The fourth-order valence-corrected chi connectivity index (χ4v) is 4.61. The van der Waals surface area contributed by atoms with Gasteiger partial charge in [0.25, 0.3) is 0 Å². The van der Waals surface area contributed by atoms with Gasteiger partial charge in [0.2, 0.25) is 11.8 Å². The number of benzene rings is 1. The third-order valence-electron chi connectivity index (χ3n) is 6.44. The van der Waals surface area contributed by atoms with Crippen LogP contribution in [0.1, 0.15) is 30.5 Å². The van der Waals surface area contributed by atoms with E-state index >= 15 is 0 Å². The van der Waals surface area contributed by atoms with E-state index < -0.39 is 17.9 Å². The average molecular weight is 495 g/mol. The van der Waals surface area contributed by atoms with Gasteiger partial charge in [0.1, 0.15) is 0 Å². The molecular formula is C23H25F4N5O3. The first kappa shape index (κ1) is 24.7. The molecule has 35 heavy (non-hydrogen) atoms. The summed E-state index contributed by atoms with van der Waals surface area (Å²) >= 11 is 0. The van der Waals surface area contributed by atoms with Gasteiger partial charge in [-0.1, -0.05) is 6.07 Å². The second-order valence-corrected chi connectivity index (χ2v) is 8.75. The van der Waals surface area contributed by atoms with Crippen molar-refractivity contribution in [3.05, 3.63) is 47.5 Å². The van der Waals surface area contributed by atoms with E-state index in [0.717, 1.165) is 30.7 Å². The summed E-state index contributed by atoms with van der Waals surface area (Å²) in [5.41, 5.74) is 0.999. The van der Waals surface area contributed by atoms with E-state index in [-0.39, 0.29) is 17.4 Å². The summed E-state index contributed by atoms with van der Waals surface area (Å²) in [5, 5.41) is 10.2. The van der Waals surface area contributed by atoms with Crippen LogP contribution in [-0.2, 0) is 16.0 Å². The number of aryl methyl sites for hydroxylation is 1. The fourth-order valence-electron chi connectivity index (χ4n) is 4.61. The van der Waals surface area contributed by atoms with Crippen LogP contribution in [0.4, 0.5) is 17.6 Å². The van der Waals surface area contributed by atoms with Gasteiger partial charge < -0.3 is 14.5 Å². The number of nitrogens with zero attached hydrogens (tertiary/aromatic N) is 4. The van der Waals surface area contributed by atoms with Crippen molar-refractivity contribution in [1.29, 1.82) is 0 Å². The third kappa shape index (κ3) is 6.58. The lowest BCUT2D eigenvalue weighted by Gasteiger charge is -2.21. The first-order valence-corrected chi connectivity index (χ1v) is 11.3. The Balaban J connectivity index is 1.26. The Bertz CT molecular complexity index is 1060. The van der Waals surface area contributed by atoms with Crippen LogP contribution in [0.2, 0.25) is 0 Å². The van der Waals surface area contributed by atoms with Crippen molar-refractivity contribution in [2.45, 2.75) is 32.0 Å². The Kier molecular flexibility index (Phi) is 7.37. The second-order valence-electron chi connectivity index (χ2n) is 8.75. The molecule has 2 fully saturated rings. The Labute approximate surface area is 198 Å². The maximum absolute atomic E-state index is 13.9. The summed E-state index contributed by atoms with van der Waals surface area (Å²) in [6.45, 7) is 2.42. The van der Waals surface area contributed by atoms with E-state index in [9.17, 15) is 27.2 Å². The summed E-state index contributed by atoms with van der Waals surface area (Å²) < 4.78 is 54.3. The lowest BCUT2D eigenvalue weighted by molar-refractivity contribution is -0.275. The number of ether oxygens (including phenoxy) is 1. The summed E-state index contributed by atoms with van der Waals surface area (Å²) in [7, 11) is 0. The first-order chi connectivity index (χ1) is 16.7. The predicted octanol–water partition coefficient (Wildman–Crippen LogP) is 3.19. The van der Waals surface area contributed by atoms with E-state index in [1.165, 1.54) is 18.2 Å². The minimum Gasteiger partial charge on any atom is -0.403 e. The van der Waals surface area contributed by atoms with Gasteiger partial charge in [-0.05, 0) is 48.4 Å². The number of H-pyrrole nitrogens is 1. The number of hydrogen-bond acceptors (Lipinski definition) is 5. The van der Waals surface area contributed by atoms with E-state index in [0.29, 0.717) is 50.9 Å². The molecule has 2 amide bonds. The van der Waals surface area contributed by atoms with Crippen molar-refractivity contribution in [2.75, 3.05) is 26.2 Å². The van der Waals surface area contributed by atoms with Gasteiger partial charge in [-0.3, -0.25) is 9.59 Å². The van der Waals surface area contributed by atoms with Crippen molar-refractivity contribution in [2.24, 2.45) is 11.8 Å². The van der Waals surface area contributed by atoms with Crippen LogP contribution in [0, 0.1) is 17.7 Å². The molecule has 0 unspecified atom stereocenters. The molecule has 2 aromatic rings. The molecule has 0 bridgehead atoms. The van der Waals surface area contributed by atoms with Crippen LogP contribution in [0.5, 0.6) is 5.75 Å². The van der Waals surface area contributed by atoms with Gasteiger partial charge in [0.05, 0.1) is 11.9 Å². The SMILES string of the molecule is O=C(/C=C/c1ccc(OC(F)(F)F)c(F)c1)N1CC[C@@H]2CN(C(=O)CCc3cn[nH]n3)C[C@@H]2CC1. The summed E-state index contributed by atoms with van der Waals surface area (Å²) in [6, 6.07) is 3.00. The highest BCUT2D eigenvalue weighted by molar-refractivity contribution is 5.91. The van der Waals surface area contributed by atoms with Crippen LogP contribution < -0.4 is 4.74 Å². The first-order valence-electron chi connectivity index (χ1n) is 11.3. The van der Waals surface area contributed by atoms with Crippen LogP contribution in [-0.4, -0.2) is 69.6 Å². The quantitative estimate of drug-likeness (QED) is 0.491. The highest BCUT2D eigenvalue weighted by Gasteiger charge is 2.37. The Morgan fingerprint density at radius 3 is 2.46 bits per heavy atom. The number of aromatic amines is 1. The summed E-state index contributed by atoms with van der Waals surface area (Å²) in [6.07, 6.45) is 1.74. The molecule has 188 valence electrons. The Morgan fingerprint density at radius 1 is 1.14 bits per heavy atom. The van der Waals surface area contributed by atoms with Gasteiger partial charge in [-0.2, -0.15) is 15.4 Å². The van der Waals surface area contributed by atoms with E-state index in [1.54, 1.807) is 11.1 Å². The number of fused-ring (bicyclic) bond motifs is 1. The molecule has 2 aliphatic rings. The third-order valence-corrected chi connectivity index (χ3v) is 6.44. The Morgan fingerprint density at radius 2 is 1.86 bits per heavy atom. The standard InChI is InChI=1S/C23H25F4N5O3/c24-19-11-15(1-4-20(19)35-23(25,26)27)2-5-21(33)31-9-7-16-13-32(14-17(16)8-10-31)22(34)6-3-18-12-28-30-29-18/h1-2,4-5,11-12,16-17H,3,6-10,13-14H2,(H,28,29,30)/b5-2+/t16-,17+. The molecule has 2 aliphatic heterocycles. The zero-order valence-corrected chi connectivity index (χ0v) is 18.8. The monoisotopic (exact) mass is 495 g/mol. The number of aromatic nitrogens is 3. The van der Waals surface area contributed by atoms with Crippen LogP contribution >= 0.6 is 0 Å². The molecule has 2 atom stereocenters. The molecule has 3 heterocycles. The number of alkyl halides is 3.